The summed E-state index contributed by atoms with van der Waals surface area (Å²) in [5, 5.41) is 2.48. The molecule has 0 radical (unpaired) electrons. The van der Waals surface area contributed by atoms with Gasteiger partial charge in [-0.2, -0.15) is 13.2 Å². The highest BCUT2D eigenvalue weighted by atomic mass is 19.4. The maximum absolute atomic E-state index is 12.8. The molecule has 0 aromatic rings. The molecule has 0 aromatic heterocycles. The van der Waals surface area contributed by atoms with Crippen molar-refractivity contribution in [3.05, 3.63) is 0 Å². The van der Waals surface area contributed by atoms with Crippen molar-refractivity contribution >= 4 is 5.97 Å². The molecular formula is C11H18F3NO3. The van der Waals surface area contributed by atoms with E-state index >= 15 is 0 Å². The number of carbonyl (C=O) groups excluding carboxylic acids is 1. The zero-order valence-electron chi connectivity index (χ0n) is 10.3. The molecule has 18 heavy (non-hydrogen) atoms. The lowest BCUT2D eigenvalue weighted by molar-refractivity contribution is -0.171. The molecule has 1 fully saturated rings. The van der Waals surface area contributed by atoms with Gasteiger partial charge in [-0.15, -0.1) is 0 Å². The first kappa shape index (κ1) is 15.2. The van der Waals surface area contributed by atoms with Gasteiger partial charge in [-0.05, 0) is 19.8 Å². The van der Waals surface area contributed by atoms with E-state index in [1.165, 1.54) is 0 Å². The number of hydrogen-bond acceptors (Lipinski definition) is 4. The van der Waals surface area contributed by atoms with Crippen molar-refractivity contribution in [2.75, 3.05) is 19.8 Å². The van der Waals surface area contributed by atoms with E-state index in [-0.39, 0.29) is 12.6 Å². The Bertz CT molecular complexity index is 265. The Kier molecular flexibility index (Phi) is 5.87. The molecule has 0 spiro atoms. The molecule has 106 valence electrons. The number of rotatable bonds is 5. The van der Waals surface area contributed by atoms with Crippen molar-refractivity contribution in [1.82, 2.24) is 5.32 Å². The van der Waals surface area contributed by atoms with E-state index in [2.05, 4.69) is 10.1 Å². The molecular weight excluding hydrogens is 251 g/mol. The van der Waals surface area contributed by atoms with Gasteiger partial charge in [0.25, 0.3) is 0 Å². The average molecular weight is 269 g/mol. The van der Waals surface area contributed by atoms with Gasteiger partial charge in [0.05, 0.1) is 13.0 Å². The van der Waals surface area contributed by atoms with Crippen molar-refractivity contribution in [3.63, 3.8) is 0 Å². The van der Waals surface area contributed by atoms with E-state index in [1.54, 1.807) is 6.92 Å². The molecule has 0 aromatic carbocycles. The molecule has 1 heterocycles. The Morgan fingerprint density at radius 3 is 2.56 bits per heavy atom. The van der Waals surface area contributed by atoms with Crippen LogP contribution in [0.15, 0.2) is 0 Å². The first-order valence-electron chi connectivity index (χ1n) is 5.99. The standard InChI is InChI=1S/C11H18F3NO3/c1-2-18-10(16)7-9(11(12,13)14)15-8-3-5-17-6-4-8/h8-9,15H,2-7H2,1H3. The minimum atomic E-state index is -4.45. The van der Waals surface area contributed by atoms with Gasteiger partial charge >= 0.3 is 12.1 Å². The van der Waals surface area contributed by atoms with Gasteiger partial charge in [0.1, 0.15) is 6.04 Å². The molecule has 7 heteroatoms. The Hall–Kier alpha value is -0.820. The van der Waals surface area contributed by atoms with Gasteiger partial charge in [-0.25, -0.2) is 0 Å². The highest BCUT2D eigenvalue weighted by molar-refractivity contribution is 5.70. The lowest BCUT2D eigenvalue weighted by atomic mass is 10.1. The Balaban J connectivity index is 2.52. The van der Waals surface area contributed by atoms with Crippen LogP contribution in [-0.2, 0) is 14.3 Å². The molecule has 1 N–H and O–H groups in total. The molecule has 1 aliphatic heterocycles. The monoisotopic (exact) mass is 269 g/mol. The Labute approximate surface area is 104 Å². The first-order chi connectivity index (χ1) is 8.43. The molecule has 1 saturated heterocycles. The van der Waals surface area contributed by atoms with Gasteiger partial charge in [-0.1, -0.05) is 0 Å². The van der Waals surface area contributed by atoms with Crippen LogP contribution in [0.25, 0.3) is 0 Å². The SMILES string of the molecule is CCOC(=O)CC(NC1CCOCC1)C(F)(F)F. The third kappa shape index (κ3) is 5.22. The number of halogens is 3. The van der Waals surface area contributed by atoms with E-state index < -0.39 is 24.6 Å². The number of carbonyl (C=O) groups is 1. The second-order valence-corrected chi connectivity index (χ2v) is 4.16. The minimum absolute atomic E-state index is 0.0840. The zero-order chi connectivity index (χ0) is 13.6. The van der Waals surface area contributed by atoms with Crippen LogP contribution < -0.4 is 5.32 Å². The largest absolute Gasteiger partial charge is 0.466 e. The molecule has 1 rings (SSSR count). The van der Waals surface area contributed by atoms with Crippen LogP contribution in [0.4, 0.5) is 13.2 Å². The summed E-state index contributed by atoms with van der Waals surface area (Å²) in [7, 11) is 0. The summed E-state index contributed by atoms with van der Waals surface area (Å²) >= 11 is 0. The quantitative estimate of drug-likeness (QED) is 0.771. The predicted octanol–water partition coefficient (Wildman–Crippen LogP) is 1.64. The summed E-state index contributed by atoms with van der Waals surface area (Å²) in [6.45, 7) is 2.54. The summed E-state index contributed by atoms with van der Waals surface area (Å²) in [6, 6.07) is -2.11. The van der Waals surface area contributed by atoms with Crippen molar-refractivity contribution in [1.29, 1.82) is 0 Å². The average Bonchev–Trinajstić information content (AvgIpc) is 2.28. The number of hydrogen-bond donors (Lipinski definition) is 1. The van der Waals surface area contributed by atoms with E-state index in [0.29, 0.717) is 26.1 Å². The molecule has 0 saturated carbocycles. The molecule has 0 bridgehead atoms. The lowest BCUT2D eigenvalue weighted by Crippen LogP contribution is -2.50. The normalized spacial score (nSPS) is 19.6. The molecule has 1 unspecified atom stereocenters. The zero-order valence-corrected chi connectivity index (χ0v) is 10.3. The fourth-order valence-electron chi connectivity index (χ4n) is 1.80. The summed E-state index contributed by atoms with van der Waals surface area (Å²) < 4.78 is 47.9. The number of alkyl halides is 3. The predicted molar refractivity (Wildman–Crippen MR) is 58.1 cm³/mol. The van der Waals surface area contributed by atoms with Crippen LogP contribution in [0.5, 0.6) is 0 Å². The number of nitrogens with one attached hydrogen (secondary N) is 1. The molecule has 4 nitrogen and oxygen atoms in total. The second kappa shape index (κ2) is 6.94. The van der Waals surface area contributed by atoms with E-state index in [1.807, 2.05) is 0 Å². The summed E-state index contributed by atoms with van der Waals surface area (Å²) in [5.74, 6) is -0.834. The number of ether oxygens (including phenoxy) is 2. The second-order valence-electron chi connectivity index (χ2n) is 4.16. The Morgan fingerprint density at radius 1 is 1.44 bits per heavy atom. The molecule has 1 aliphatic rings. The van der Waals surface area contributed by atoms with Crippen molar-refractivity contribution in [3.8, 4) is 0 Å². The van der Waals surface area contributed by atoms with Crippen molar-refractivity contribution in [2.24, 2.45) is 0 Å². The van der Waals surface area contributed by atoms with E-state index in [9.17, 15) is 18.0 Å². The fraction of sp³-hybridized carbons (Fsp3) is 0.909. The van der Waals surface area contributed by atoms with Crippen molar-refractivity contribution < 1.29 is 27.4 Å². The maximum Gasteiger partial charge on any atom is 0.404 e. The topological polar surface area (TPSA) is 47.6 Å². The van der Waals surface area contributed by atoms with Crippen molar-refractivity contribution in [2.45, 2.75) is 44.4 Å². The van der Waals surface area contributed by atoms with Crippen LogP contribution in [0, 0.1) is 0 Å². The van der Waals surface area contributed by atoms with E-state index in [0.717, 1.165) is 0 Å². The van der Waals surface area contributed by atoms with Gasteiger partial charge < -0.3 is 14.8 Å². The maximum atomic E-state index is 12.8. The molecule has 1 atom stereocenters. The Morgan fingerprint density at radius 2 is 2.06 bits per heavy atom. The van der Waals surface area contributed by atoms with Gasteiger partial charge in [0.15, 0.2) is 0 Å². The fourth-order valence-corrected chi connectivity index (χ4v) is 1.80. The van der Waals surface area contributed by atoms with Gasteiger partial charge in [0.2, 0.25) is 0 Å². The first-order valence-corrected chi connectivity index (χ1v) is 5.99. The highest BCUT2D eigenvalue weighted by Gasteiger charge is 2.42. The van der Waals surface area contributed by atoms with Gasteiger partial charge in [-0.3, -0.25) is 4.79 Å². The molecule has 0 aliphatic carbocycles. The highest BCUT2D eigenvalue weighted by Crippen LogP contribution is 2.24. The number of esters is 1. The minimum Gasteiger partial charge on any atom is -0.466 e. The van der Waals surface area contributed by atoms with Crippen LogP contribution in [0.1, 0.15) is 26.2 Å². The summed E-state index contributed by atoms with van der Waals surface area (Å²) in [4.78, 5) is 11.2. The van der Waals surface area contributed by atoms with Gasteiger partial charge in [0, 0.05) is 19.3 Å². The summed E-state index contributed by atoms with van der Waals surface area (Å²) in [6.07, 6.45) is -4.09. The van der Waals surface area contributed by atoms with Crippen LogP contribution in [0.2, 0.25) is 0 Å². The molecule has 0 amide bonds. The van der Waals surface area contributed by atoms with Crippen LogP contribution >= 0.6 is 0 Å². The third-order valence-electron chi connectivity index (χ3n) is 2.73. The van der Waals surface area contributed by atoms with E-state index in [4.69, 9.17) is 4.74 Å². The van der Waals surface area contributed by atoms with Crippen LogP contribution in [-0.4, -0.2) is 44.0 Å². The van der Waals surface area contributed by atoms with Crippen LogP contribution in [0.3, 0.4) is 0 Å². The smallest absolute Gasteiger partial charge is 0.404 e. The lowest BCUT2D eigenvalue weighted by Gasteiger charge is -2.29. The summed E-state index contributed by atoms with van der Waals surface area (Å²) in [5.41, 5.74) is 0. The third-order valence-corrected chi connectivity index (χ3v) is 2.73.